The average molecular weight is 229 g/mol. The van der Waals surface area contributed by atoms with E-state index in [0.717, 1.165) is 0 Å². The predicted molar refractivity (Wildman–Crippen MR) is 58.7 cm³/mol. The first-order valence-electron chi connectivity index (χ1n) is 5.56. The second-order valence-corrected chi connectivity index (χ2v) is 3.63. The third-order valence-corrected chi connectivity index (χ3v) is 2.40. The zero-order valence-corrected chi connectivity index (χ0v) is 9.41. The molecule has 1 heterocycles. The molecule has 92 valence electrons. The number of ether oxygens (including phenoxy) is 1. The normalized spacial score (nSPS) is 15.9. The summed E-state index contributed by atoms with van der Waals surface area (Å²) in [4.78, 5) is 24.5. The Morgan fingerprint density at radius 1 is 1.25 bits per heavy atom. The summed E-state index contributed by atoms with van der Waals surface area (Å²) in [6.07, 6.45) is 0.655. The third kappa shape index (κ3) is 4.59. The van der Waals surface area contributed by atoms with Crippen LogP contribution in [0.2, 0.25) is 0 Å². The van der Waals surface area contributed by atoms with Crippen molar-refractivity contribution in [2.24, 2.45) is 5.73 Å². The van der Waals surface area contributed by atoms with Crippen molar-refractivity contribution < 1.29 is 14.3 Å². The summed E-state index contributed by atoms with van der Waals surface area (Å²) >= 11 is 0. The van der Waals surface area contributed by atoms with Gasteiger partial charge in [0.15, 0.2) is 0 Å². The van der Waals surface area contributed by atoms with Crippen molar-refractivity contribution in [1.29, 1.82) is 0 Å². The number of rotatable bonds is 5. The van der Waals surface area contributed by atoms with Crippen LogP contribution in [-0.2, 0) is 14.3 Å². The van der Waals surface area contributed by atoms with E-state index in [0.29, 0.717) is 52.2 Å². The largest absolute Gasteiger partial charge is 0.378 e. The first-order valence-corrected chi connectivity index (χ1v) is 5.56. The van der Waals surface area contributed by atoms with E-state index in [1.165, 1.54) is 0 Å². The summed E-state index contributed by atoms with van der Waals surface area (Å²) in [6, 6.07) is 0. The minimum atomic E-state index is -0.0997. The number of carbonyl (C=O) groups excluding carboxylic acids is 2. The van der Waals surface area contributed by atoms with Gasteiger partial charge in [0.05, 0.1) is 13.2 Å². The highest BCUT2D eigenvalue weighted by molar-refractivity contribution is 5.79. The summed E-state index contributed by atoms with van der Waals surface area (Å²) in [7, 11) is 0. The minimum Gasteiger partial charge on any atom is -0.378 e. The van der Waals surface area contributed by atoms with Crippen LogP contribution in [-0.4, -0.2) is 56.1 Å². The van der Waals surface area contributed by atoms with E-state index < -0.39 is 0 Å². The molecule has 1 aliphatic heterocycles. The van der Waals surface area contributed by atoms with Gasteiger partial charge in [-0.05, 0) is 0 Å². The van der Waals surface area contributed by atoms with Crippen LogP contribution in [0.25, 0.3) is 0 Å². The van der Waals surface area contributed by atoms with Gasteiger partial charge < -0.3 is 20.7 Å². The topological polar surface area (TPSA) is 84.7 Å². The Labute approximate surface area is 95.1 Å². The number of carbonyl (C=O) groups is 2. The van der Waals surface area contributed by atoms with Gasteiger partial charge in [-0.15, -0.1) is 0 Å². The second kappa shape index (κ2) is 7.19. The number of amides is 2. The van der Waals surface area contributed by atoms with E-state index >= 15 is 0 Å². The van der Waals surface area contributed by atoms with Gasteiger partial charge in [0.25, 0.3) is 0 Å². The predicted octanol–water partition coefficient (Wildman–Crippen LogP) is -1.30. The molecule has 0 unspecified atom stereocenters. The third-order valence-electron chi connectivity index (χ3n) is 2.40. The molecule has 0 aromatic rings. The summed E-state index contributed by atoms with van der Waals surface area (Å²) < 4.78 is 5.15. The molecule has 2 amide bonds. The molecule has 0 saturated carbocycles. The first kappa shape index (κ1) is 12.9. The van der Waals surface area contributed by atoms with Gasteiger partial charge in [0.2, 0.25) is 11.8 Å². The Morgan fingerprint density at radius 3 is 2.56 bits per heavy atom. The molecule has 1 rings (SSSR count). The molecular weight excluding hydrogens is 210 g/mol. The summed E-state index contributed by atoms with van der Waals surface area (Å²) in [6.45, 7) is 3.22. The van der Waals surface area contributed by atoms with Crippen LogP contribution in [0.3, 0.4) is 0 Å². The lowest BCUT2D eigenvalue weighted by molar-refractivity contribution is -0.135. The van der Waals surface area contributed by atoms with Crippen LogP contribution in [0.1, 0.15) is 12.8 Å². The molecule has 0 aliphatic carbocycles. The van der Waals surface area contributed by atoms with Crippen molar-refractivity contribution in [3.05, 3.63) is 0 Å². The van der Waals surface area contributed by atoms with E-state index in [2.05, 4.69) is 5.32 Å². The number of hydrogen-bond acceptors (Lipinski definition) is 4. The molecule has 0 radical (unpaired) electrons. The molecule has 3 N–H and O–H groups in total. The van der Waals surface area contributed by atoms with Crippen LogP contribution >= 0.6 is 0 Å². The van der Waals surface area contributed by atoms with E-state index in [1.807, 2.05) is 0 Å². The quantitative estimate of drug-likeness (QED) is 0.613. The van der Waals surface area contributed by atoms with E-state index in [-0.39, 0.29) is 11.8 Å². The van der Waals surface area contributed by atoms with Gasteiger partial charge in [-0.3, -0.25) is 9.59 Å². The maximum Gasteiger partial charge on any atom is 0.224 e. The Balaban J connectivity index is 2.12. The second-order valence-electron chi connectivity index (χ2n) is 3.63. The zero-order chi connectivity index (χ0) is 11.8. The maximum absolute atomic E-state index is 11.6. The van der Waals surface area contributed by atoms with Crippen molar-refractivity contribution >= 4 is 11.8 Å². The van der Waals surface area contributed by atoms with Crippen molar-refractivity contribution in [2.75, 3.05) is 39.4 Å². The molecular formula is C10H19N3O3. The van der Waals surface area contributed by atoms with Gasteiger partial charge in [0.1, 0.15) is 0 Å². The Kier molecular flexibility index (Phi) is 5.81. The van der Waals surface area contributed by atoms with Crippen LogP contribution in [0.4, 0.5) is 0 Å². The van der Waals surface area contributed by atoms with Crippen molar-refractivity contribution in [3.63, 3.8) is 0 Å². The molecule has 1 saturated heterocycles. The number of nitrogens with zero attached hydrogens (tertiary/aromatic N) is 1. The van der Waals surface area contributed by atoms with Crippen LogP contribution in [0, 0.1) is 0 Å². The highest BCUT2D eigenvalue weighted by Crippen LogP contribution is 1.99. The summed E-state index contributed by atoms with van der Waals surface area (Å²) in [5.74, 6) is -0.0337. The lowest BCUT2D eigenvalue weighted by Gasteiger charge is -2.26. The van der Waals surface area contributed by atoms with Crippen molar-refractivity contribution in [3.8, 4) is 0 Å². The van der Waals surface area contributed by atoms with Crippen LogP contribution < -0.4 is 11.1 Å². The van der Waals surface area contributed by atoms with Crippen LogP contribution in [0.5, 0.6) is 0 Å². The highest BCUT2D eigenvalue weighted by atomic mass is 16.5. The summed E-state index contributed by atoms with van der Waals surface area (Å²) in [5.41, 5.74) is 5.23. The Hall–Kier alpha value is -1.14. The SMILES string of the molecule is NCCC(=O)NCCC(=O)N1CCOCC1. The molecule has 0 spiro atoms. The first-order chi connectivity index (χ1) is 7.74. The fourth-order valence-electron chi connectivity index (χ4n) is 1.50. The fourth-order valence-corrected chi connectivity index (χ4v) is 1.50. The maximum atomic E-state index is 11.6. The molecule has 6 heteroatoms. The number of nitrogens with one attached hydrogen (secondary N) is 1. The molecule has 1 aliphatic rings. The number of hydrogen-bond donors (Lipinski definition) is 2. The van der Waals surface area contributed by atoms with Gasteiger partial charge in [0, 0.05) is 39.0 Å². The van der Waals surface area contributed by atoms with E-state index in [4.69, 9.17) is 10.5 Å². The van der Waals surface area contributed by atoms with Crippen molar-refractivity contribution in [1.82, 2.24) is 10.2 Å². The Morgan fingerprint density at radius 2 is 1.94 bits per heavy atom. The van der Waals surface area contributed by atoms with Gasteiger partial charge in [-0.2, -0.15) is 0 Å². The van der Waals surface area contributed by atoms with Gasteiger partial charge in [-0.25, -0.2) is 0 Å². The molecule has 6 nitrogen and oxygen atoms in total. The van der Waals surface area contributed by atoms with Gasteiger partial charge >= 0.3 is 0 Å². The average Bonchev–Trinajstić information content (AvgIpc) is 2.30. The van der Waals surface area contributed by atoms with Gasteiger partial charge in [-0.1, -0.05) is 0 Å². The molecule has 0 atom stereocenters. The standard InChI is InChI=1S/C10H19N3O3/c11-3-1-9(14)12-4-2-10(15)13-5-7-16-8-6-13/h1-8,11H2,(H,12,14). The van der Waals surface area contributed by atoms with E-state index in [1.54, 1.807) is 4.90 Å². The lowest BCUT2D eigenvalue weighted by Crippen LogP contribution is -2.42. The Bertz CT molecular complexity index is 239. The van der Waals surface area contributed by atoms with E-state index in [9.17, 15) is 9.59 Å². The number of morpholine rings is 1. The monoisotopic (exact) mass is 229 g/mol. The minimum absolute atomic E-state index is 0.0661. The molecule has 0 aromatic heterocycles. The molecule has 1 fully saturated rings. The lowest BCUT2D eigenvalue weighted by atomic mass is 10.3. The van der Waals surface area contributed by atoms with Crippen LogP contribution in [0.15, 0.2) is 0 Å². The fraction of sp³-hybridized carbons (Fsp3) is 0.800. The molecule has 0 bridgehead atoms. The number of nitrogens with two attached hydrogens (primary N) is 1. The van der Waals surface area contributed by atoms with Crippen molar-refractivity contribution in [2.45, 2.75) is 12.8 Å². The highest BCUT2D eigenvalue weighted by Gasteiger charge is 2.16. The summed E-state index contributed by atoms with van der Waals surface area (Å²) in [5, 5.41) is 2.66. The zero-order valence-electron chi connectivity index (χ0n) is 9.41. The molecule has 16 heavy (non-hydrogen) atoms. The molecule has 0 aromatic carbocycles. The smallest absolute Gasteiger partial charge is 0.224 e.